The van der Waals surface area contributed by atoms with Crippen LogP contribution < -0.4 is 4.74 Å². The fraction of sp³-hybridized carbons (Fsp3) is 0.333. The molecule has 0 saturated carbocycles. The van der Waals surface area contributed by atoms with Gasteiger partial charge in [0.25, 0.3) is 10.1 Å². The fourth-order valence-corrected chi connectivity index (χ4v) is 3.21. The Bertz CT molecular complexity index is 1150. The molecule has 2 aromatic heterocycles. The highest BCUT2D eigenvalue weighted by Gasteiger charge is 2.23. The Morgan fingerprint density at radius 3 is 2.50 bits per heavy atom. The van der Waals surface area contributed by atoms with Crippen LogP contribution in [0.15, 0.2) is 48.7 Å². The van der Waals surface area contributed by atoms with Gasteiger partial charge in [0, 0.05) is 11.6 Å². The number of pyridine rings is 1. The third kappa shape index (κ3) is 5.58. The minimum absolute atomic E-state index is 0.0679. The first-order valence-electron chi connectivity index (χ1n) is 9.31. The van der Waals surface area contributed by atoms with E-state index in [1.807, 2.05) is 39.0 Å². The Morgan fingerprint density at radius 1 is 1.10 bits per heavy atom. The van der Waals surface area contributed by atoms with Crippen molar-refractivity contribution in [2.24, 2.45) is 0 Å². The van der Waals surface area contributed by atoms with Gasteiger partial charge in [-0.05, 0) is 57.2 Å². The van der Waals surface area contributed by atoms with E-state index >= 15 is 0 Å². The van der Waals surface area contributed by atoms with Gasteiger partial charge in [-0.15, -0.1) is 0 Å². The summed E-state index contributed by atoms with van der Waals surface area (Å²) in [4.78, 5) is 17.3. The van der Waals surface area contributed by atoms with E-state index in [1.54, 1.807) is 30.5 Å². The Labute approximate surface area is 175 Å². The largest absolute Gasteiger partial charge is 0.491 e. The van der Waals surface area contributed by atoms with E-state index in [2.05, 4.69) is 9.17 Å². The summed E-state index contributed by atoms with van der Waals surface area (Å²) in [6, 6.07) is 12.5. The molecule has 0 unspecified atom stereocenters. The molecule has 9 heteroatoms. The van der Waals surface area contributed by atoms with Crippen LogP contribution in [0.5, 0.6) is 5.75 Å². The summed E-state index contributed by atoms with van der Waals surface area (Å²) in [5.41, 5.74) is 1.21. The highest BCUT2D eigenvalue weighted by Crippen LogP contribution is 2.30. The lowest BCUT2D eigenvalue weighted by Crippen LogP contribution is -2.27. The van der Waals surface area contributed by atoms with Gasteiger partial charge in [-0.1, -0.05) is 6.07 Å². The van der Waals surface area contributed by atoms with Gasteiger partial charge in [-0.25, -0.2) is 9.36 Å². The number of ether oxygens (including phenoxy) is 2. The van der Waals surface area contributed by atoms with Crippen LogP contribution in [0.3, 0.4) is 0 Å². The zero-order valence-electron chi connectivity index (χ0n) is 17.3. The molecule has 0 saturated heterocycles. The highest BCUT2D eigenvalue weighted by molar-refractivity contribution is 7.85. The fourth-order valence-electron chi connectivity index (χ4n) is 2.84. The van der Waals surface area contributed by atoms with E-state index in [0.29, 0.717) is 22.7 Å². The molecule has 0 fully saturated rings. The molecule has 0 radical (unpaired) electrons. The SMILES string of the molecule is CC(C)(C)OC(=O)n1c(-c2ccccn2)cc2cc(OCCOS(C)(=O)=O)ccc21. The van der Waals surface area contributed by atoms with Crippen molar-refractivity contribution >= 4 is 27.1 Å². The summed E-state index contributed by atoms with van der Waals surface area (Å²) in [6.45, 7) is 5.40. The average molecular weight is 432 g/mol. The Kier molecular flexibility index (Phi) is 6.14. The van der Waals surface area contributed by atoms with Crippen molar-refractivity contribution in [3.8, 4) is 17.1 Å². The second-order valence-electron chi connectivity index (χ2n) is 7.66. The maximum absolute atomic E-state index is 12.9. The maximum atomic E-state index is 12.9. The standard InChI is InChI=1S/C21H24N2O6S/c1-21(2,3)29-20(24)23-18-9-8-16(27-11-12-28-30(4,25)26)13-15(18)14-19(23)17-7-5-6-10-22-17/h5-10,13-14H,11-12H2,1-4H3. The summed E-state index contributed by atoms with van der Waals surface area (Å²) in [5, 5.41) is 0.753. The van der Waals surface area contributed by atoms with Crippen LogP contribution in [0.25, 0.3) is 22.3 Å². The first-order valence-corrected chi connectivity index (χ1v) is 11.1. The quantitative estimate of drug-likeness (QED) is 0.431. The molecule has 160 valence electrons. The molecule has 0 atom stereocenters. The first kappa shape index (κ1) is 21.8. The number of hydrogen-bond acceptors (Lipinski definition) is 7. The molecule has 0 spiro atoms. The van der Waals surface area contributed by atoms with Crippen molar-refractivity contribution in [3.63, 3.8) is 0 Å². The van der Waals surface area contributed by atoms with Crippen molar-refractivity contribution in [2.75, 3.05) is 19.5 Å². The number of hydrogen-bond donors (Lipinski definition) is 0. The second kappa shape index (κ2) is 8.45. The monoisotopic (exact) mass is 432 g/mol. The predicted molar refractivity (Wildman–Crippen MR) is 113 cm³/mol. The van der Waals surface area contributed by atoms with Gasteiger partial charge in [0.2, 0.25) is 0 Å². The van der Waals surface area contributed by atoms with E-state index < -0.39 is 21.8 Å². The molecule has 3 aromatic rings. The van der Waals surface area contributed by atoms with E-state index in [9.17, 15) is 13.2 Å². The molecule has 0 aliphatic heterocycles. The molecule has 1 aromatic carbocycles. The van der Waals surface area contributed by atoms with Crippen molar-refractivity contribution < 1.29 is 26.9 Å². The molecule has 0 N–H and O–H groups in total. The van der Waals surface area contributed by atoms with E-state index in [0.717, 1.165) is 11.6 Å². The third-order valence-electron chi connectivity index (χ3n) is 3.93. The van der Waals surface area contributed by atoms with Gasteiger partial charge in [-0.3, -0.25) is 9.17 Å². The number of fused-ring (bicyclic) bond motifs is 1. The number of rotatable bonds is 6. The minimum Gasteiger partial charge on any atom is -0.491 e. The molecule has 0 amide bonds. The summed E-state index contributed by atoms with van der Waals surface area (Å²) >= 11 is 0. The Hall–Kier alpha value is -2.91. The lowest BCUT2D eigenvalue weighted by atomic mass is 10.2. The van der Waals surface area contributed by atoms with Crippen LogP contribution in [0.1, 0.15) is 20.8 Å². The molecule has 30 heavy (non-hydrogen) atoms. The van der Waals surface area contributed by atoms with E-state index in [-0.39, 0.29) is 13.2 Å². The lowest BCUT2D eigenvalue weighted by Gasteiger charge is -2.21. The van der Waals surface area contributed by atoms with E-state index in [1.165, 1.54) is 4.57 Å². The molecular formula is C21H24N2O6S. The zero-order valence-corrected chi connectivity index (χ0v) is 18.1. The molecular weight excluding hydrogens is 408 g/mol. The van der Waals surface area contributed by atoms with Crippen LogP contribution in [0, 0.1) is 0 Å². The van der Waals surface area contributed by atoms with Crippen molar-refractivity contribution in [1.29, 1.82) is 0 Å². The normalized spacial score (nSPS) is 12.1. The Morgan fingerprint density at radius 2 is 1.87 bits per heavy atom. The summed E-state index contributed by atoms with van der Waals surface area (Å²) in [6.07, 6.45) is 2.13. The second-order valence-corrected chi connectivity index (χ2v) is 9.30. The molecule has 0 bridgehead atoms. The number of aromatic nitrogens is 2. The van der Waals surface area contributed by atoms with Crippen LogP contribution in [-0.2, 0) is 19.0 Å². The maximum Gasteiger partial charge on any atom is 0.419 e. The lowest BCUT2D eigenvalue weighted by molar-refractivity contribution is 0.0547. The number of nitrogens with zero attached hydrogens (tertiary/aromatic N) is 2. The number of benzene rings is 1. The van der Waals surface area contributed by atoms with Gasteiger partial charge in [0.1, 0.15) is 24.6 Å². The summed E-state index contributed by atoms with van der Waals surface area (Å²) in [5.74, 6) is 0.522. The Balaban J connectivity index is 1.95. The average Bonchev–Trinajstić information content (AvgIpc) is 3.03. The van der Waals surface area contributed by atoms with Gasteiger partial charge < -0.3 is 9.47 Å². The number of carbonyl (C=O) groups is 1. The smallest absolute Gasteiger partial charge is 0.419 e. The zero-order chi connectivity index (χ0) is 21.9. The minimum atomic E-state index is -3.51. The third-order valence-corrected chi connectivity index (χ3v) is 4.52. The molecule has 8 nitrogen and oxygen atoms in total. The van der Waals surface area contributed by atoms with Crippen LogP contribution in [0.4, 0.5) is 4.79 Å². The van der Waals surface area contributed by atoms with Crippen LogP contribution >= 0.6 is 0 Å². The molecule has 2 heterocycles. The van der Waals surface area contributed by atoms with Crippen molar-refractivity contribution in [3.05, 3.63) is 48.7 Å². The van der Waals surface area contributed by atoms with E-state index in [4.69, 9.17) is 9.47 Å². The topological polar surface area (TPSA) is 96.7 Å². The first-order chi connectivity index (χ1) is 14.0. The molecule has 3 rings (SSSR count). The van der Waals surface area contributed by atoms with Gasteiger partial charge in [0.15, 0.2) is 0 Å². The van der Waals surface area contributed by atoms with Crippen LogP contribution in [0.2, 0.25) is 0 Å². The van der Waals surface area contributed by atoms with Gasteiger partial charge in [-0.2, -0.15) is 8.42 Å². The van der Waals surface area contributed by atoms with Gasteiger partial charge in [0.05, 0.1) is 23.2 Å². The highest BCUT2D eigenvalue weighted by atomic mass is 32.2. The van der Waals surface area contributed by atoms with Crippen molar-refractivity contribution in [1.82, 2.24) is 9.55 Å². The van der Waals surface area contributed by atoms with Crippen molar-refractivity contribution in [2.45, 2.75) is 26.4 Å². The predicted octanol–water partition coefficient (Wildman–Crippen LogP) is 3.84. The summed E-state index contributed by atoms with van der Waals surface area (Å²) < 4.78 is 39.4. The summed E-state index contributed by atoms with van der Waals surface area (Å²) in [7, 11) is -3.51. The molecule has 0 aliphatic rings. The molecule has 0 aliphatic carbocycles. The van der Waals surface area contributed by atoms with Crippen LogP contribution in [-0.4, -0.2) is 49.1 Å². The van der Waals surface area contributed by atoms with Gasteiger partial charge >= 0.3 is 6.09 Å². The number of carbonyl (C=O) groups excluding carboxylic acids is 1.